The minimum atomic E-state index is -0.706. The second-order valence-corrected chi connectivity index (χ2v) is 4.11. The molecule has 0 aliphatic carbocycles. The van der Waals surface area contributed by atoms with Gasteiger partial charge in [0.2, 0.25) is 0 Å². The standard InChI is InChI=1S/C12H19N3O2/c1-10(12(16)17)5-3-2-4-6-14-11-9-13-7-8-15-11/h7-10H,2-6H2,1H3,(H,14,15)(H,16,17). The molecule has 0 saturated heterocycles. The third kappa shape index (κ3) is 5.85. The van der Waals surface area contributed by atoms with Crippen LogP contribution >= 0.6 is 0 Å². The summed E-state index contributed by atoms with van der Waals surface area (Å²) in [6, 6.07) is 0. The maximum absolute atomic E-state index is 10.6. The molecule has 1 unspecified atom stereocenters. The van der Waals surface area contributed by atoms with Crippen LogP contribution in [-0.2, 0) is 4.79 Å². The zero-order chi connectivity index (χ0) is 12.5. The van der Waals surface area contributed by atoms with E-state index >= 15 is 0 Å². The van der Waals surface area contributed by atoms with Gasteiger partial charge >= 0.3 is 5.97 Å². The molecule has 5 nitrogen and oxygen atoms in total. The zero-order valence-corrected chi connectivity index (χ0v) is 10.1. The molecule has 2 N–H and O–H groups in total. The van der Waals surface area contributed by atoms with Crippen LogP contribution in [0.25, 0.3) is 0 Å². The Morgan fingerprint density at radius 3 is 2.88 bits per heavy atom. The first kappa shape index (κ1) is 13.4. The van der Waals surface area contributed by atoms with E-state index in [0.717, 1.165) is 38.0 Å². The molecule has 0 fully saturated rings. The Morgan fingerprint density at radius 2 is 2.24 bits per heavy atom. The number of carboxylic acid groups (broad SMARTS) is 1. The number of unbranched alkanes of at least 4 members (excludes halogenated alkanes) is 2. The molecule has 17 heavy (non-hydrogen) atoms. The molecule has 1 atom stereocenters. The number of carboxylic acids is 1. The first-order valence-electron chi connectivity index (χ1n) is 5.93. The highest BCUT2D eigenvalue weighted by Crippen LogP contribution is 2.09. The van der Waals surface area contributed by atoms with Gasteiger partial charge in [0.25, 0.3) is 0 Å². The molecular formula is C12H19N3O2. The van der Waals surface area contributed by atoms with Crippen molar-refractivity contribution in [3.05, 3.63) is 18.6 Å². The first-order chi connectivity index (χ1) is 8.20. The quantitative estimate of drug-likeness (QED) is 0.678. The van der Waals surface area contributed by atoms with Gasteiger partial charge in [-0.25, -0.2) is 4.98 Å². The lowest BCUT2D eigenvalue weighted by atomic mass is 10.0. The predicted molar refractivity (Wildman–Crippen MR) is 65.8 cm³/mol. The summed E-state index contributed by atoms with van der Waals surface area (Å²) in [5, 5.41) is 11.9. The molecule has 0 aromatic carbocycles. The number of nitrogens with one attached hydrogen (secondary N) is 1. The largest absolute Gasteiger partial charge is 0.481 e. The number of nitrogens with zero attached hydrogens (tertiary/aromatic N) is 2. The van der Waals surface area contributed by atoms with E-state index < -0.39 is 5.97 Å². The first-order valence-corrected chi connectivity index (χ1v) is 5.93. The second-order valence-electron chi connectivity index (χ2n) is 4.11. The average Bonchev–Trinajstić information content (AvgIpc) is 2.34. The highest BCUT2D eigenvalue weighted by molar-refractivity contribution is 5.69. The van der Waals surface area contributed by atoms with Crippen LogP contribution < -0.4 is 5.32 Å². The van der Waals surface area contributed by atoms with Gasteiger partial charge in [-0.1, -0.05) is 19.8 Å². The molecule has 0 aliphatic heterocycles. The zero-order valence-electron chi connectivity index (χ0n) is 10.1. The maximum atomic E-state index is 10.6. The Kier molecular flexibility index (Phi) is 5.99. The van der Waals surface area contributed by atoms with Gasteiger partial charge in [-0.2, -0.15) is 0 Å². The van der Waals surface area contributed by atoms with Crippen LogP contribution in [0.3, 0.4) is 0 Å². The second kappa shape index (κ2) is 7.60. The lowest BCUT2D eigenvalue weighted by Crippen LogP contribution is -2.09. The highest BCUT2D eigenvalue weighted by Gasteiger charge is 2.09. The third-order valence-electron chi connectivity index (χ3n) is 2.60. The van der Waals surface area contributed by atoms with Gasteiger partial charge in [0.05, 0.1) is 12.1 Å². The molecule has 5 heteroatoms. The SMILES string of the molecule is CC(CCCCCNc1cnccn1)C(=O)O. The molecule has 94 valence electrons. The Hall–Kier alpha value is -1.65. The Balaban J connectivity index is 2.00. The fraction of sp³-hybridized carbons (Fsp3) is 0.583. The van der Waals surface area contributed by atoms with Crippen LogP contribution in [-0.4, -0.2) is 27.6 Å². The van der Waals surface area contributed by atoms with Crippen LogP contribution in [0.4, 0.5) is 5.82 Å². The third-order valence-corrected chi connectivity index (χ3v) is 2.60. The van der Waals surface area contributed by atoms with E-state index in [0.29, 0.717) is 0 Å². The smallest absolute Gasteiger partial charge is 0.306 e. The molecule has 0 radical (unpaired) electrons. The van der Waals surface area contributed by atoms with Crippen molar-refractivity contribution < 1.29 is 9.90 Å². The van der Waals surface area contributed by atoms with Gasteiger partial charge in [0, 0.05) is 18.9 Å². The van der Waals surface area contributed by atoms with Crippen molar-refractivity contribution >= 4 is 11.8 Å². The van der Waals surface area contributed by atoms with E-state index in [4.69, 9.17) is 5.11 Å². The van der Waals surface area contributed by atoms with Gasteiger partial charge in [0.1, 0.15) is 5.82 Å². The summed E-state index contributed by atoms with van der Waals surface area (Å²) in [4.78, 5) is 18.6. The topological polar surface area (TPSA) is 75.1 Å². The van der Waals surface area contributed by atoms with Crippen LogP contribution in [0.15, 0.2) is 18.6 Å². The monoisotopic (exact) mass is 237 g/mol. The Morgan fingerprint density at radius 1 is 1.41 bits per heavy atom. The van der Waals surface area contributed by atoms with Gasteiger partial charge in [-0.15, -0.1) is 0 Å². The number of aromatic nitrogens is 2. The molecule has 1 aromatic rings. The van der Waals surface area contributed by atoms with E-state index in [9.17, 15) is 4.79 Å². The van der Waals surface area contributed by atoms with Crippen molar-refractivity contribution in [3.63, 3.8) is 0 Å². The number of hydrogen-bond donors (Lipinski definition) is 2. The Bertz CT molecular complexity index is 330. The molecule has 0 aliphatic rings. The van der Waals surface area contributed by atoms with Crippen molar-refractivity contribution in [2.45, 2.75) is 32.6 Å². The van der Waals surface area contributed by atoms with Crippen LogP contribution in [0.1, 0.15) is 32.6 Å². The van der Waals surface area contributed by atoms with Gasteiger partial charge in [0.15, 0.2) is 0 Å². The van der Waals surface area contributed by atoms with Crippen molar-refractivity contribution in [1.82, 2.24) is 9.97 Å². The van der Waals surface area contributed by atoms with E-state index in [1.165, 1.54) is 0 Å². The molecular weight excluding hydrogens is 218 g/mol. The maximum Gasteiger partial charge on any atom is 0.306 e. The minimum Gasteiger partial charge on any atom is -0.481 e. The fourth-order valence-electron chi connectivity index (χ4n) is 1.48. The Labute approximate surface area is 101 Å². The summed E-state index contributed by atoms with van der Waals surface area (Å²) >= 11 is 0. The van der Waals surface area contributed by atoms with Crippen molar-refractivity contribution in [2.24, 2.45) is 5.92 Å². The van der Waals surface area contributed by atoms with E-state index in [-0.39, 0.29) is 5.92 Å². The van der Waals surface area contributed by atoms with Gasteiger partial charge in [-0.3, -0.25) is 9.78 Å². The molecule has 0 amide bonds. The average molecular weight is 237 g/mol. The predicted octanol–water partition coefficient (Wildman–Crippen LogP) is 2.17. The summed E-state index contributed by atoms with van der Waals surface area (Å²) in [6.45, 7) is 2.60. The molecule has 0 bridgehead atoms. The van der Waals surface area contributed by atoms with Crippen molar-refractivity contribution in [2.75, 3.05) is 11.9 Å². The van der Waals surface area contributed by atoms with Crippen molar-refractivity contribution in [1.29, 1.82) is 0 Å². The molecule has 0 saturated carbocycles. The summed E-state index contributed by atoms with van der Waals surface area (Å²) in [5.41, 5.74) is 0. The lowest BCUT2D eigenvalue weighted by Gasteiger charge is -2.06. The summed E-state index contributed by atoms with van der Waals surface area (Å²) < 4.78 is 0. The number of anilines is 1. The molecule has 1 heterocycles. The lowest BCUT2D eigenvalue weighted by molar-refractivity contribution is -0.141. The molecule has 1 aromatic heterocycles. The molecule has 1 rings (SSSR count). The highest BCUT2D eigenvalue weighted by atomic mass is 16.4. The van der Waals surface area contributed by atoms with Crippen LogP contribution in [0, 0.1) is 5.92 Å². The minimum absolute atomic E-state index is 0.233. The summed E-state index contributed by atoms with van der Waals surface area (Å²) in [7, 11) is 0. The van der Waals surface area contributed by atoms with E-state index in [2.05, 4.69) is 15.3 Å². The molecule has 0 spiro atoms. The number of aliphatic carboxylic acids is 1. The van der Waals surface area contributed by atoms with Crippen LogP contribution in [0.2, 0.25) is 0 Å². The van der Waals surface area contributed by atoms with E-state index in [1.807, 2.05) is 0 Å². The van der Waals surface area contributed by atoms with Gasteiger partial charge in [-0.05, 0) is 12.8 Å². The number of hydrogen-bond acceptors (Lipinski definition) is 4. The fourth-order valence-corrected chi connectivity index (χ4v) is 1.48. The number of carbonyl (C=O) groups is 1. The summed E-state index contributed by atoms with van der Waals surface area (Å²) in [6.07, 6.45) is 8.73. The van der Waals surface area contributed by atoms with E-state index in [1.54, 1.807) is 25.5 Å². The normalized spacial score (nSPS) is 12.1. The number of rotatable bonds is 8. The summed E-state index contributed by atoms with van der Waals surface area (Å²) in [5.74, 6) is -0.156. The van der Waals surface area contributed by atoms with Crippen molar-refractivity contribution in [3.8, 4) is 0 Å². The van der Waals surface area contributed by atoms with Crippen LogP contribution in [0.5, 0.6) is 0 Å². The van der Waals surface area contributed by atoms with Gasteiger partial charge < -0.3 is 10.4 Å².